The lowest BCUT2D eigenvalue weighted by molar-refractivity contribution is -0.116. The van der Waals surface area contributed by atoms with Crippen molar-refractivity contribution >= 4 is 11.7 Å². The Morgan fingerprint density at radius 2 is 2.15 bits per heavy atom. The molecule has 1 aromatic heterocycles. The highest BCUT2D eigenvalue weighted by atomic mass is 16.5. The van der Waals surface area contributed by atoms with Crippen LogP contribution >= 0.6 is 0 Å². The van der Waals surface area contributed by atoms with E-state index in [1.165, 1.54) is 19.3 Å². The van der Waals surface area contributed by atoms with Crippen LogP contribution in [-0.4, -0.2) is 47.2 Å². The van der Waals surface area contributed by atoms with Gasteiger partial charge < -0.3 is 15.0 Å². The maximum Gasteiger partial charge on any atom is 0.225 e. The number of hydrogen-bond acceptors (Lipinski definition) is 4. The van der Waals surface area contributed by atoms with Gasteiger partial charge in [0.05, 0.1) is 12.8 Å². The van der Waals surface area contributed by atoms with Gasteiger partial charge in [0.1, 0.15) is 11.6 Å². The van der Waals surface area contributed by atoms with E-state index in [0.29, 0.717) is 18.3 Å². The van der Waals surface area contributed by atoms with Gasteiger partial charge in [0.2, 0.25) is 5.91 Å². The number of carbonyl (C=O) groups is 1. The Morgan fingerprint density at radius 3 is 2.88 bits per heavy atom. The molecule has 3 rings (SSSR count). The number of H-pyrrole nitrogens is 1. The molecule has 0 aliphatic carbocycles. The first-order valence-electron chi connectivity index (χ1n) is 9.39. The summed E-state index contributed by atoms with van der Waals surface area (Å²) in [5.74, 6) is 1.47. The Morgan fingerprint density at radius 1 is 1.35 bits per heavy atom. The van der Waals surface area contributed by atoms with Crippen LogP contribution in [0, 0.1) is 0 Å². The molecule has 6 heteroatoms. The number of anilines is 1. The monoisotopic (exact) mass is 356 g/mol. The summed E-state index contributed by atoms with van der Waals surface area (Å²) in [6.45, 7) is 4.44. The van der Waals surface area contributed by atoms with Crippen molar-refractivity contribution in [1.82, 2.24) is 15.1 Å². The van der Waals surface area contributed by atoms with E-state index in [1.807, 2.05) is 30.3 Å². The molecule has 1 aromatic carbocycles. The summed E-state index contributed by atoms with van der Waals surface area (Å²) >= 11 is 0. The van der Waals surface area contributed by atoms with E-state index in [2.05, 4.69) is 27.3 Å². The first-order valence-corrected chi connectivity index (χ1v) is 9.39. The highest BCUT2D eigenvalue weighted by molar-refractivity contribution is 5.90. The Balaban J connectivity index is 1.46. The number of hydrogen-bond donors (Lipinski definition) is 2. The van der Waals surface area contributed by atoms with Crippen LogP contribution in [0.2, 0.25) is 0 Å². The Kier molecular flexibility index (Phi) is 6.28. The van der Waals surface area contributed by atoms with Gasteiger partial charge in [0.25, 0.3) is 0 Å². The molecule has 1 aliphatic rings. The van der Waals surface area contributed by atoms with Crippen molar-refractivity contribution in [1.29, 1.82) is 0 Å². The first kappa shape index (κ1) is 18.5. The van der Waals surface area contributed by atoms with Crippen LogP contribution in [0.15, 0.2) is 30.3 Å². The van der Waals surface area contributed by atoms with Gasteiger partial charge in [-0.05, 0) is 63.5 Å². The molecule has 2 aromatic rings. The van der Waals surface area contributed by atoms with E-state index in [9.17, 15) is 4.79 Å². The van der Waals surface area contributed by atoms with Gasteiger partial charge in [-0.15, -0.1) is 0 Å². The molecule has 1 unspecified atom stereocenters. The third-order valence-electron chi connectivity index (χ3n) is 5.03. The van der Waals surface area contributed by atoms with Gasteiger partial charge in [-0.25, -0.2) is 0 Å². The van der Waals surface area contributed by atoms with Gasteiger partial charge in [-0.2, -0.15) is 5.10 Å². The minimum atomic E-state index is 0.0274. The third-order valence-corrected chi connectivity index (χ3v) is 5.03. The molecule has 26 heavy (non-hydrogen) atoms. The van der Waals surface area contributed by atoms with Gasteiger partial charge in [-0.3, -0.25) is 9.89 Å². The second-order valence-electron chi connectivity index (χ2n) is 6.93. The molecule has 1 saturated heterocycles. The van der Waals surface area contributed by atoms with Crippen LogP contribution in [0.25, 0.3) is 11.3 Å². The zero-order valence-electron chi connectivity index (χ0n) is 15.6. The van der Waals surface area contributed by atoms with Crippen LogP contribution in [0.1, 0.15) is 39.0 Å². The number of amides is 1. The number of carbonyl (C=O) groups excluding carboxylic acids is 1. The van der Waals surface area contributed by atoms with E-state index in [-0.39, 0.29) is 5.91 Å². The van der Waals surface area contributed by atoms with Crippen LogP contribution in [0.5, 0.6) is 5.75 Å². The second-order valence-corrected chi connectivity index (χ2v) is 6.93. The van der Waals surface area contributed by atoms with Crippen molar-refractivity contribution in [3.8, 4) is 17.0 Å². The lowest BCUT2D eigenvalue weighted by Crippen LogP contribution is -2.38. The van der Waals surface area contributed by atoms with Gasteiger partial charge in [0, 0.05) is 24.1 Å². The molecule has 0 bridgehead atoms. The zero-order chi connectivity index (χ0) is 18.4. The molecule has 0 saturated carbocycles. The molecule has 1 fully saturated rings. The van der Waals surface area contributed by atoms with Crippen molar-refractivity contribution in [2.45, 2.75) is 45.1 Å². The normalized spacial score (nSPS) is 17.8. The van der Waals surface area contributed by atoms with Crippen molar-refractivity contribution in [2.24, 2.45) is 0 Å². The summed E-state index contributed by atoms with van der Waals surface area (Å²) in [5.41, 5.74) is 1.77. The molecule has 140 valence electrons. The minimum absolute atomic E-state index is 0.0274. The standard InChI is InChI=1S/C20H28N4O2/c1-15-6-3-4-12-24(15)13-5-7-20(25)21-19-14-18(22-23-19)16-8-10-17(26-2)11-9-16/h8-11,14-15H,3-7,12-13H2,1-2H3,(H2,21,22,23,25). The molecule has 2 heterocycles. The second kappa shape index (κ2) is 8.85. The number of methoxy groups -OCH3 is 1. The third kappa shape index (κ3) is 4.85. The molecule has 1 aliphatic heterocycles. The fourth-order valence-corrected chi connectivity index (χ4v) is 3.44. The van der Waals surface area contributed by atoms with E-state index in [4.69, 9.17) is 4.74 Å². The number of benzene rings is 1. The number of likely N-dealkylation sites (tertiary alicyclic amines) is 1. The topological polar surface area (TPSA) is 70.2 Å². The highest BCUT2D eigenvalue weighted by Gasteiger charge is 2.17. The lowest BCUT2D eigenvalue weighted by atomic mass is 10.0. The summed E-state index contributed by atoms with van der Waals surface area (Å²) < 4.78 is 5.16. The molecular weight excluding hydrogens is 328 g/mol. The highest BCUT2D eigenvalue weighted by Crippen LogP contribution is 2.22. The van der Waals surface area contributed by atoms with E-state index in [0.717, 1.165) is 36.5 Å². The molecule has 2 N–H and O–H groups in total. The maximum absolute atomic E-state index is 12.2. The molecule has 0 radical (unpaired) electrons. The number of nitrogens with one attached hydrogen (secondary N) is 2. The zero-order valence-corrected chi connectivity index (χ0v) is 15.6. The predicted octanol–water partition coefficient (Wildman–Crippen LogP) is 3.68. The van der Waals surface area contributed by atoms with Gasteiger partial charge in [-0.1, -0.05) is 6.42 Å². The Bertz CT molecular complexity index is 711. The van der Waals surface area contributed by atoms with Crippen molar-refractivity contribution < 1.29 is 9.53 Å². The van der Waals surface area contributed by atoms with Crippen LogP contribution < -0.4 is 10.1 Å². The molecular formula is C20H28N4O2. The number of rotatable bonds is 7. The van der Waals surface area contributed by atoms with Crippen molar-refractivity contribution in [2.75, 3.05) is 25.5 Å². The summed E-state index contributed by atoms with van der Waals surface area (Å²) in [6, 6.07) is 10.2. The van der Waals surface area contributed by atoms with Crippen LogP contribution in [0.4, 0.5) is 5.82 Å². The van der Waals surface area contributed by atoms with E-state index >= 15 is 0 Å². The molecule has 1 amide bonds. The Labute approximate surface area is 154 Å². The predicted molar refractivity (Wildman–Crippen MR) is 103 cm³/mol. The molecule has 1 atom stereocenters. The number of nitrogens with zero attached hydrogens (tertiary/aromatic N) is 2. The lowest BCUT2D eigenvalue weighted by Gasteiger charge is -2.33. The largest absolute Gasteiger partial charge is 0.497 e. The van der Waals surface area contributed by atoms with E-state index < -0.39 is 0 Å². The number of piperidine rings is 1. The number of aromatic amines is 1. The van der Waals surface area contributed by atoms with Crippen LogP contribution in [-0.2, 0) is 4.79 Å². The number of ether oxygens (including phenoxy) is 1. The maximum atomic E-state index is 12.2. The fraction of sp³-hybridized carbons (Fsp3) is 0.500. The van der Waals surface area contributed by atoms with E-state index in [1.54, 1.807) is 7.11 Å². The van der Waals surface area contributed by atoms with Gasteiger partial charge in [0.15, 0.2) is 0 Å². The summed E-state index contributed by atoms with van der Waals surface area (Å²) in [7, 11) is 1.64. The summed E-state index contributed by atoms with van der Waals surface area (Å²) in [6.07, 6.45) is 5.29. The molecule has 0 spiro atoms. The smallest absolute Gasteiger partial charge is 0.225 e. The van der Waals surface area contributed by atoms with Gasteiger partial charge >= 0.3 is 0 Å². The van der Waals surface area contributed by atoms with Crippen molar-refractivity contribution in [3.05, 3.63) is 30.3 Å². The number of aromatic nitrogens is 2. The summed E-state index contributed by atoms with van der Waals surface area (Å²) in [5, 5.41) is 10.1. The average Bonchev–Trinajstić information content (AvgIpc) is 3.12. The first-order chi connectivity index (χ1) is 12.7. The SMILES string of the molecule is COc1ccc(-c2cc(NC(=O)CCCN3CCCCC3C)[nH]n2)cc1. The quantitative estimate of drug-likeness (QED) is 0.794. The van der Waals surface area contributed by atoms with Crippen molar-refractivity contribution in [3.63, 3.8) is 0 Å². The Hall–Kier alpha value is -2.34. The fourth-order valence-electron chi connectivity index (χ4n) is 3.44. The minimum Gasteiger partial charge on any atom is -0.497 e. The average molecular weight is 356 g/mol. The van der Waals surface area contributed by atoms with Crippen LogP contribution in [0.3, 0.4) is 0 Å². The summed E-state index contributed by atoms with van der Waals surface area (Å²) in [4.78, 5) is 14.7. The molecule has 6 nitrogen and oxygen atoms in total.